The fourth-order valence-corrected chi connectivity index (χ4v) is 3.42. The first-order chi connectivity index (χ1) is 8.91. The lowest BCUT2D eigenvalue weighted by atomic mass is 9.87. The highest BCUT2D eigenvalue weighted by Crippen LogP contribution is 2.35. The molecule has 106 valence electrons. The highest BCUT2D eigenvalue weighted by Gasteiger charge is 2.25. The van der Waals surface area contributed by atoms with E-state index in [1.165, 1.54) is 31.4 Å². The molecule has 1 unspecified atom stereocenters. The van der Waals surface area contributed by atoms with E-state index in [1.54, 1.807) is 6.92 Å². The number of aryl methyl sites for hydroxylation is 1. The predicted octanol–water partition coefficient (Wildman–Crippen LogP) is 4.67. The van der Waals surface area contributed by atoms with Gasteiger partial charge >= 0.3 is 0 Å². The van der Waals surface area contributed by atoms with Crippen LogP contribution >= 0.6 is 11.6 Å². The molecule has 2 nitrogen and oxygen atoms in total. The van der Waals surface area contributed by atoms with Crippen LogP contribution in [-0.4, -0.2) is 15.7 Å². The average molecular weight is 282 g/mol. The van der Waals surface area contributed by atoms with Crippen LogP contribution in [0.1, 0.15) is 67.3 Å². The molecular formula is C16H24ClNO. The molecule has 0 N–H and O–H groups in total. The minimum Gasteiger partial charge on any atom is -0.345 e. The second kappa shape index (κ2) is 5.70. The average Bonchev–Trinajstić information content (AvgIpc) is 2.65. The van der Waals surface area contributed by atoms with Crippen LogP contribution in [-0.2, 0) is 0 Å². The number of hydrogen-bond donors (Lipinski definition) is 0. The van der Waals surface area contributed by atoms with Gasteiger partial charge in [-0.25, -0.2) is 0 Å². The van der Waals surface area contributed by atoms with Gasteiger partial charge in [-0.15, -0.1) is 11.6 Å². The molecule has 0 aromatic carbocycles. The Morgan fingerprint density at radius 3 is 2.42 bits per heavy atom. The van der Waals surface area contributed by atoms with Gasteiger partial charge in [-0.05, 0) is 58.4 Å². The van der Waals surface area contributed by atoms with Gasteiger partial charge in [-0.1, -0.05) is 6.92 Å². The van der Waals surface area contributed by atoms with Gasteiger partial charge in [-0.2, -0.15) is 0 Å². The quantitative estimate of drug-likeness (QED) is 0.583. The summed E-state index contributed by atoms with van der Waals surface area (Å²) >= 11 is 5.94. The van der Waals surface area contributed by atoms with Gasteiger partial charge < -0.3 is 4.57 Å². The maximum atomic E-state index is 12.1. The summed E-state index contributed by atoms with van der Waals surface area (Å²) in [6.07, 6.45) is 5.02. The Balaban J connectivity index is 2.29. The number of aromatic nitrogens is 1. The van der Waals surface area contributed by atoms with Crippen LogP contribution in [0.25, 0.3) is 0 Å². The fraction of sp³-hybridized carbons (Fsp3) is 0.688. The van der Waals surface area contributed by atoms with Crippen molar-refractivity contribution in [3.05, 3.63) is 23.0 Å². The summed E-state index contributed by atoms with van der Waals surface area (Å²) in [6, 6.07) is 2.57. The third-order valence-electron chi connectivity index (χ3n) is 4.46. The summed E-state index contributed by atoms with van der Waals surface area (Å²) in [5.41, 5.74) is 3.09. The summed E-state index contributed by atoms with van der Waals surface area (Å²) in [5, 5.41) is -0.444. The number of halogens is 1. The molecule has 1 aromatic rings. The smallest absolute Gasteiger partial charge is 0.182 e. The lowest BCUT2D eigenvalue weighted by molar-refractivity contribution is 0.0991. The van der Waals surface area contributed by atoms with Crippen molar-refractivity contribution in [2.75, 3.05) is 0 Å². The summed E-state index contributed by atoms with van der Waals surface area (Å²) in [7, 11) is 0. The molecule has 1 aromatic heterocycles. The molecule has 1 aliphatic carbocycles. The molecule has 0 bridgehead atoms. The largest absolute Gasteiger partial charge is 0.345 e. The van der Waals surface area contributed by atoms with E-state index in [1.807, 2.05) is 6.07 Å². The first kappa shape index (κ1) is 14.6. The second-order valence-electron chi connectivity index (χ2n) is 6.05. The Morgan fingerprint density at radius 2 is 1.89 bits per heavy atom. The monoisotopic (exact) mass is 281 g/mol. The van der Waals surface area contributed by atoms with Gasteiger partial charge in [0.25, 0.3) is 0 Å². The fourth-order valence-electron chi connectivity index (χ4n) is 3.30. The number of nitrogens with zero attached hydrogens (tertiary/aromatic N) is 1. The molecule has 1 fully saturated rings. The van der Waals surface area contributed by atoms with E-state index in [-0.39, 0.29) is 5.78 Å². The Kier molecular flexibility index (Phi) is 4.39. The van der Waals surface area contributed by atoms with Crippen molar-refractivity contribution in [3.63, 3.8) is 0 Å². The van der Waals surface area contributed by atoms with Crippen molar-refractivity contribution in [2.24, 2.45) is 5.92 Å². The third-order valence-corrected chi connectivity index (χ3v) is 4.66. The molecular weight excluding hydrogens is 258 g/mol. The van der Waals surface area contributed by atoms with Gasteiger partial charge in [0.2, 0.25) is 0 Å². The van der Waals surface area contributed by atoms with Crippen molar-refractivity contribution in [1.29, 1.82) is 0 Å². The van der Waals surface area contributed by atoms with Gasteiger partial charge in [0.05, 0.1) is 5.38 Å². The second-order valence-corrected chi connectivity index (χ2v) is 6.70. The summed E-state index contributed by atoms with van der Waals surface area (Å²) in [4.78, 5) is 12.1. The van der Waals surface area contributed by atoms with Crippen LogP contribution in [0.5, 0.6) is 0 Å². The van der Waals surface area contributed by atoms with E-state index in [4.69, 9.17) is 11.6 Å². The van der Waals surface area contributed by atoms with Crippen LogP contribution in [0.3, 0.4) is 0 Å². The summed E-state index contributed by atoms with van der Waals surface area (Å²) < 4.78 is 2.36. The molecule has 1 saturated carbocycles. The van der Waals surface area contributed by atoms with E-state index < -0.39 is 5.38 Å². The van der Waals surface area contributed by atoms with Gasteiger partial charge in [0.15, 0.2) is 5.78 Å². The maximum absolute atomic E-state index is 12.1. The lowest BCUT2D eigenvalue weighted by Gasteiger charge is -2.29. The van der Waals surface area contributed by atoms with Crippen molar-refractivity contribution in [1.82, 2.24) is 4.57 Å². The minimum absolute atomic E-state index is 0.0465. The third kappa shape index (κ3) is 2.89. The highest BCUT2D eigenvalue weighted by molar-refractivity contribution is 6.33. The number of hydrogen-bond acceptors (Lipinski definition) is 1. The van der Waals surface area contributed by atoms with Crippen molar-refractivity contribution < 1.29 is 4.79 Å². The molecule has 0 saturated heterocycles. The first-order valence-corrected chi connectivity index (χ1v) is 7.72. The zero-order valence-corrected chi connectivity index (χ0v) is 13.1. The first-order valence-electron chi connectivity index (χ1n) is 7.28. The number of rotatable bonds is 3. The molecule has 1 atom stereocenters. The van der Waals surface area contributed by atoms with Crippen LogP contribution in [0.2, 0.25) is 0 Å². The van der Waals surface area contributed by atoms with Gasteiger partial charge in [0, 0.05) is 23.0 Å². The van der Waals surface area contributed by atoms with Crippen LogP contribution in [0.15, 0.2) is 6.07 Å². The molecule has 1 heterocycles. The molecule has 0 spiro atoms. The van der Waals surface area contributed by atoms with E-state index in [9.17, 15) is 4.79 Å². The maximum Gasteiger partial charge on any atom is 0.182 e. The topological polar surface area (TPSA) is 22.0 Å². The normalized spacial score (nSPS) is 25.3. The molecule has 0 radical (unpaired) electrons. The van der Waals surface area contributed by atoms with Crippen molar-refractivity contribution >= 4 is 17.4 Å². The summed E-state index contributed by atoms with van der Waals surface area (Å²) in [6.45, 7) is 8.23. The summed E-state index contributed by atoms with van der Waals surface area (Å²) in [5.74, 6) is 0.890. The molecule has 0 amide bonds. The number of carbonyl (C=O) groups excluding carboxylic acids is 1. The SMILES string of the molecule is Cc1cc(C(=O)C(C)Cl)c(C)n1C1CCC(C)CC1. The highest BCUT2D eigenvalue weighted by atomic mass is 35.5. The van der Waals surface area contributed by atoms with Crippen molar-refractivity contribution in [2.45, 2.75) is 64.8 Å². The van der Waals surface area contributed by atoms with Crippen molar-refractivity contribution in [3.8, 4) is 0 Å². The Labute approximate surface area is 121 Å². The Bertz CT molecular complexity index is 467. The van der Waals surface area contributed by atoms with Crippen LogP contribution < -0.4 is 0 Å². The van der Waals surface area contributed by atoms with E-state index >= 15 is 0 Å². The standard InChI is InChI=1S/C16H24ClNO/c1-10-5-7-14(8-6-10)18-11(2)9-15(13(18)4)16(19)12(3)17/h9-10,12,14H,5-8H2,1-4H3. The Morgan fingerprint density at radius 1 is 1.32 bits per heavy atom. The zero-order chi connectivity index (χ0) is 14.2. The Hall–Kier alpha value is -0.760. The predicted molar refractivity (Wildman–Crippen MR) is 80.2 cm³/mol. The van der Waals surface area contributed by atoms with E-state index in [0.717, 1.165) is 17.2 Å². The number of carbonyl (C=O) groups is 1. The van der Waals surface area contributed by atoms with Gasteiger partial charge in [0.1, 0.15) is 0 Å². The minimum atomic E-state index is -0.444. The lowest BCUT2D eigenvalue weighted by Crippen LogP contribution is -2.19. The zero-order valence-electron chi connectivity index (χ0n) is 12.4. The molecule has 3 heteroatoms. The van der Waals surface area contributed by atoms with E-state index in [2.05, 4.69) is 25.3 Å². The molecule has 0 aliphatic heterocycles. The number of ketones is 1. The molecule has 19 heavy (non-hydrogen) atoms. The van der Waals surface area contributed by atoms with E-state index in [0.29, 0.717) is 6.04 Å². The van der Waals surface area contributed by atoms with Crippen LogP contribution in [0, 0.1) is 19.8 Å². The van der Waals surface area contributed by atoms with Crippen LogP contribution in [0.4, 0.5) is 0 Å². The number of Topliss-reactive ketones (excluding diaryl/α,β-unsaturated/α-hetero) is 1. The molecule has 1 aliphatic rings. The van der Waals surface area contributed by atoms with Gasteiger partial charge in [-0.3, -0.25) is 4.79 Å². The molecule has 2 rings (SSSR count). The number of alkyl halides is 1.